The SMILES string of the molecule is N#C/C(=C/c1cc(I)c(OCc2ccc(C(=O)O)cc2)c(I)c1)C1=NN(c2ccccc2)[C@H](N)[C@@H]1C#N. The second-order valence-corrected chi connectivity index (χ2v) is 10.4. The summed E-state index contributed by atoms with van der Waals surface area (Å²) in [5.41, 5.74) is 9.47. The fourth-order valence-electron chi connectivity index (χ4n) is 3.75. The highest BCUT2D eigenvalue weighted by Gasteiger charge is 2.37. The molecular formula is C27H19I2N5O3. The molecule has 10 heteroatoms. The molecule has 184 valence electrons. The summed E-state index contributed by atoms with van der Waals surface area (Å²) >= 11 is 4.34. The molecule has 0 amide bonds. The number of carbonyl (C=O) groups is 1. The number of nitrogens with zero attached hydrogens (tertiary/aromatic N) is 4. The number of anilines is 1. The van der Waals surface area contributed by atoms with E-state index in [4.69, 9.17) is 15.6 Å². The highest BCUT2D eigenvalue weighted by atomic mass is 127. The van der Waals surface area contributed by atoms with Gasteiger partial charge in [-0.05, 0) is 98.8 Å². The topological polar surface area (TPSA) is 136 Å². The Kier molecular flexibility index (Phi) is 8.43. The second-order valence-electron chi connectivity index (χ2n) is 8.04. The van der Waals surface area contributed by atoms with E-state index in [1.54, 1.807) is 35.4 Å². The Morgan fingerprint density at radius 2 is 1.76 bits per heavy atom. The molecule has 2 atom stereocenters. The van der Waals surface area contributed by atoms with Crippen molar-refractivity contribution in [3.8, 4) is 17.9 Å². The van der Waals surface area contributed by atoms with Gasteiger partial charge in [-0.2, -0.15) is 15.6 Å². The van der Waals surface area contributed by atoms with Crippen LogP contribution in [0.5, 0.6) is 5.75 Å². The molecule has 1 heterocycles. The van der Waals surface area contributed by atoms with Crippen molar-refractivity contribution in [3.63, 3.8) is 0 Å². The number of allylic oxidation sites excluding steroid dienone is 1. The van der Waals surface area contributed by atoms with Crippen molar-refractivity contribution >= 4 is 68.6 Å². The molecular weight excluding hydrogens is 696 g/mol. The van der Waals surface area contributed by atoms with Gasteiger partial charge in [0.1, 0.15) is 30.5 Å². The van der Waals surface area contributed by atoms with Gasteiger partial charge in [0.25, 0.3) is 0 Å². The minimum Gasteiger partial charge on any atom is -0.487 e. The van der Waals surface area contributed by atoms with Crippen molar-refractivity contribution in [2.45, 2.75) is 12.8 Å². The van der Waals surface area contributed by atoms with Gasteiger partial charge in [-0.15, -0.1) is 0 Å². The molecule has 3 aromatic rings. The van der Waals surface area contributed by atoms with Crippen LogP contribution in [0.1, 0.15) is 21.5 Å². The first kappa shape index (κ1) is 26.6. The van der Waals surface area contributed by atoms with E-state index in [0.29, 0.717) is 11.5 Å². The van der Waals surface area contributed by atoms with E-state index in [9.17, 15) is 15.3 Å². The molecule has 4 rings (SSSR count). The lowest BCUT2D eigenvalue weighted by atomic mass is 9.95. The standard InChI is InChI=1S/C27H19I2N5O3/c28-22-11-17(12-23(29)25(22)37-15-16-6-8-18(9-7-16)27(35)36)10-19(13-30)24-21(14-31)26(32)34(33-24)20-4-2-1-3-5-20/h1-12,21,26H,15,32H2,(H,35,36)/b19-10-/t21-,26+/m1/s1. The van der Waals surface area contributed by atoms with Crippen LogP contribution in [0.4, 0.5) is 5.69 Å². The van der Waals surface area contributed by atoms with Crippen molar-refractivity contribution in [2.75, 3.05) is 5.01 Å². The summed E-state index contributed by atoms with van der Waals surface area (Å²) in [5.74, 6) is -1.06. The predicted octanol–water partition coefficient (Wildman–Crippen LogP) is 5.38. The fraction of sp³-hybridized carbons (Fsp3) is 0.111. The zero-order valence-corrected chi connectivity index (χ0v) is 23.5. The molecule has 37 heavy (non-hydrogen) atoms. The summed E-state index contributed by atoms with van der Waals surface area (Å²) in [6.07, 6.45) is 0.989. The third-order valence-electron chi connectivity index (χ3n) is 5.61. The van der Waals surface area contributed by atoms with Gasteiger partial charge in [0.2, 0.25) is 0 Å². The maximum absolute atomic E-state index is 11.0. The maximum atomic E-state index is 11.0. The number of nitriles is 2. The molecule has 8 nitrogen and oxygen atoms in total. The van der Waals surface area contributed by atoms with Crippen LogP contribution in [0, 0.1) is 35.7 Å². The fourth-order valence-corrected chi connectivity index (χ4v) is 5.88. The van der Waals surface area contributed by atoms with Crippen LogP contribution in [0.3, 0.4) is 0 Å². The third-order valence-corrected chi connectivity index (χ3v) is 7.21. The van der Waals surface area contributed by atoms with Crippen LogP contribution in [0.2, 0.25) is 0 Å². The first-order chi connectivity index (χ1) is 17.8. The zero-order chi connectivity index (χ0) is 26.5. The van der Waals surface area contributed by atoms with Crippen molar-refractivity contribution in [2.24, 2.45) is 16.8 Å². The molecule has 3 aromatic carbocycles. The number of aromatic carboxylic acids is 1. The maximum Gasteiger partial charge on any atom is 0.335 e. The normalized spacial score (nSPS) is 17.1. The number of hydrogen-bond acceptors (Lipinski definition) is 7. The number of rotatable bonds is 7. The monoisotopic (exact) mass is 715 g/mol. The molecule has 1 aliphatic rings. The minimum absolute atomic E-state index is 0.218. The second kappa shape index (κ2) is 11.7. The van der Waals surface area contributed by atoms with Gasteiger partial charge in [-0.1, -0.05) is 30.3 Å². The smallest absolute Gasteiger partial charge is 0.335 e. The number of ether oxygens (including phenoxy) is 1. The van der Waals surface area contributed by atoms with E-state index in [1.807, 2.05) is 42.5 Å². The summed E-state index contributed by atoms with van der Waals surface area (Å²) in [6, 6.07) is 24.0. The molecule has 0 saturated carbocycles. The van der Waals surface area contributed by atoms with Crippen LogP contribution in [-0.2, 0) is 6.61 Å². The number of para-hydroxylation sites is 1. The Balaban J connectivity index is 1.58. The number of carboxylic acids is 1. The molecule has 1 aliphatic heterocycles. The van der Waals surface area contributed by atoms with Crippen LogP contribution in [0.15, 0.2) is 77.4 Å². The van der Waals surface area contributed by atoms with Crippen LogP contribution >= 0.6 is 45.2 Å². The van der Waals surface area contributed by atoms with E-state index >= 15 is 0 Å². The molecule has 0 aliphatic carbocycles. The first-order valence-corrected chi connectivity index (χ1v) is 13.1. The average molecular weight is 715 g/mol. The highest BCUT2D eigenvalue weighted by Crippen LogP contribution is 2.32. The van der Waals surface area contributed by atoms with Gasteiger partial charge in [0.15, 0.2) is 0 Å². The van der Waals surface area contributed by atoms with E-state index in [2.05, 4.69) is 62.4 Å². The van der Waals surface area contributed by atoms with Crippen molar-refractivity contribution in [3.05, 3.63) is 96.1 Å². The van der Waals surface area contributed by atoms with Crippen molar-refractivity contribution in [1.82, 2.24) is 0 Å². The Bertz CT molecular complexity index is 1450. The van der Waals surface area contributed by atoms with Crippen molar-refractivity contribution < 1.29 is 14.6 Å². The van der Waals surface area contributed by atoms with E-state index in [-0.39, 0.29) is 17.7 Å². The Hall–Kier alpha value is -3.46. The molecule has 0 spiro atoms. The number of benzene rings is 3. The van der Waals surface area contributed by atoms with Gasteiger partial charge in [0.05, 0.1) is 35.7 Å². The zero-order valence-electron chi connectivity index (χ0n) is 19.2. The van der Waals surface area contributed by atoms with E-state index in [1.165, 1.54) is 0 Å². The highest BCUT2D eigenvalue weighted by molar-refractivity contribution is 14.1. The first-order valence-electron chi connectivity index (χ1n) is 11.0. The van der Waals surface area contributed by atoms with Crippen LogP contribution in [0.25, 0.3) is 6.08 Å². The number of nitrogens with two attached hydrogens (primary N) is 1. The van der Waals surface area contributed by atoms with Gasteiger partial charge < -0.3 is 15.6 Å². The van der Waals surface area contributed by atoms with E-state index < -0.39 is 18.1 Å². The summed E-state index contributed by atoms with van der Waals surface area (Å²) in [5, 5.41) is 34.9. The summed E-state index contributed by atoms with van der Waals surface area (Å²) in [7, 11) is 0. The summed E-state index contributed by atoms with van der Waals surface area (Å²) < 4.78 is 7.69. The Morgan fingerprint density at radius 1 is 1.11 bits per heavy atom. The van der Waals surface area contributed by atoms with E-state index in [0.717, 1.165) is 24.0 Å². The van der Waals surface area contributed by atoms with Gasteiger partial charge in [-0.25, -0.2) is 9.80 Å². The lowest BCUT2D eigenvalue weighted by molar-refractivity contribution is 0.0697. The Morgan fingerprint density at radius 3 is 2.32 bits per heavy atom. The summed E-state index contributed by atoms with van der Waals surface area (Å²) in [6.45, 7) is 0.276. The largest absolute Gasteiger partial charge is 0.487 e. The lowest BCUT2D eigenvalue weighted by Crippen LogP contribution is -2.40. The third kappa shape index (κ3) is 5.93. The number of hydrogen-bond donors (Lipinski definition) is 2. The molecule has 0 saturated heterocycles. The molecule has 0 unspecified atom stereocenters. The number of hydrazone groups is 1. The average Bonchev–Trinajstić information content (AvgIpc) is 3.23. The predicted molar refractivity (Wildman–Crippen MR) is 157 cm³/mol. The quantitative estimate of drug-likeness (QED) is 0.248. The van der Waals surface area contributed by atoms with Crippen LogP contribution < -0.4 is 15.5 Å². The molecule has 0 bridgehead atoms. The Labute approximate surface area is 240 Å². The lowest BCUT2D eigenvalue weighted by Gasteiger charge is -2.21. The van der Waals surface area contributed by atoms with Gasteiger partial charge in [0, 0.05) is 0 Å². The van der Waals surface area contributed by atoms with Gasteiger partial charge in [-0.3, -0.25) is 0 Å². The molecule has 3 N–H and O–H groups in total. The van der Waals surface area contributed by atoms with Gasteiger partial charge >= 0.3 is 5.97 Å². The van der Waals surface area contributed by atoms with Crippen molar-refractivity contribution in [1.29, 1.82) is 10.5 Å². The minimum atomic E-state index is -0.976. The molecule has 0 radical (unpaired) electrons. The molecule has 0 aromatic heterocycles. The summed E-state index contributed by atoms with van der Waals surface area (Å²) in [4.78, 5) is 11.0. The molecule has 0 fully saturated rings. The van der Waals surface area contributed by atoms with Crippen LogP contribution in [-0.4, -0.2) is 23.0 Å². The number of halogens is 2. The number of carboxylic acid groups (broad SMARTS) is 1.